The van der Waals surface area contributed by atoms with Crippen LogP contribution in [0, 0.1) is 16.2 Å². The maximum Gasteiger partial charge on any atom is 0.0632 e. The minimum atomic E-state index is -1.09. The van der Waals surface area contributed by atoms with E-state index >= 15 is 0 Å². The smallest absolute Gasteiger partial charge is 0.0632 e. The Labute approximate surface area is 155 Å². The van der Waals surface area contributed by atoms with Crippen LogP contribution in [0.1, 0.15) is 13.3 Å². The van der Waals surface area contributed by atoms with Gasteiger partial charge in [-0.3, -0.25) is 0 Å². The molecule has 0 saturated heterocycles. The molecule has 0 aromatic heterocycles. The summed E-state index contributed by atoms with van der Waals surface area (Å²) >= 11 is 0. The molecule has 9 nitrogen and oxygen atoms in total. The van der Waals surface area contributed by atoms with Crippen molar-refractivity contribution in [3.05, 3.63) is 0 Å². The Bertz CT molecular complexity index is 331. The molecule has 0 bridgehead atoms. The highest BCUT2D eigenvalue weighted by atomic mass is 16.5. The van der Waals surface area contributed by atoms with Crippen molar-refractivity contribution in [2.75, 3.05) is 79.8 Å². The number of rotatable bonds is 17. The molecule has 0 saturated carbocycles. The van der Waals surface area contributed by atoms with Gasteiger partial charge in [0.15, 0.2) is 0 Å². The van der Waals surface area contributed by atoms with Gasteiger partial charge in [0.05, 0.1) is 83.5 Å². The van der Waals surface area contributed by atoms with Crippen molar-refractivity contribution in [3.8, 4) is 0 Å². The zero-order valence-electron chi connectivity index (χ0n) is 15.9. The van der Waals surface area contributed by atoms with Crippen LogP contribution in [0.15, 0.2) is 0 Å². The summed E-state index contributed by atoms with van der Waals surface area (Å²) in [5, 5.41) is 57.2. The standard InChI is InChI=1S/C17H36O9/c1-3-15(4-18,5-19)11-25-13-17(8-22,9-23)14-26-12-16(6-20,7-21)10-24-2/h18-23H,3-14H2,1-2H3. The SMILES string of the molecule is CCC(CO)(CO)COCC(CO)(CO)COCC(CO)(CO)COC. The lowest BCUT2D eigenvalue weighted by Crippen LogP contribution is -2.45. The summed E-state index contributed by atoms with van der Waals surface area (Å²) in [6, 6.07) is 0. The molecule has 0 aliphatic heterocycles. The summed E-state index contributed by atoms with van der Waals surface area (Å²) in [5.41, 5.74) is -2.84. The number of hydrogen-bond acceptors (Lipinski definition) is 9. The molecule has 0 spiro atoms. The number of aliphatic hydroxyl groups is 6. The normalized spacial score (nSPS) is 13.4. The van der Waals surface area contributed by atoms with Crippen molar-refractivity contribution < 1.29 is 44.8 Å². The molecule has 0 aliphatic rings. The first-order chi connectivity index (χ1) is 12.4. The van der Waals surface area contributed by atoms with Crippen LogP contribution in [0.25, 0.3) is 0 Å². The highest BCUT2D eigenvalue weighted by molar-refractivity contribution is 4.82. The molecule has 0 amide bonds. The molecule has 0 unspecified atom stereocenters. The second kappa shape index (κ2) is 12.9. The summed E-state index contributed by atoms with van der Waals surface area (Å²) in [7, 11) is 1.45. The van der Waals surface area contributed by atoms with E-state index in [0.717, 1.165) is 0 Å². The van der Waals surface area contributed by atoms with E-state index in [1.165, 1.54) is 7.11 Å². The lowest BCUT2D eigenvalue weighted by Gasteiger charge is -2.34. The van der Waals surface area contributed by atoms with Gasteiger partial charge < -0.3 is 44.8 Å². The topological polar surface area (TPSA) is 149 Å². The van der Waals surface area contributed by atoms with Crippen molar-refractivity contribution in [1.29, 1.82) is 0 Å². The molecule has 9 heteroatoms. The van der Waals surface area contributed by atoms with Crippen LogP contribution >= 0.6 is 0 Å². The second-order valence-corrected chi connectivity index (χ2v) is 7.22. The van der Waals surface area contributed by atoms with Gasteiger partial charge in [0.2, 0.25) is 0 Å². The summed E-state index contributed by atoms with van der Waals surface area (Å²) in [4.78, 5) is 0. The first-order valence-corrected chi connectivity index (χ1v) is 8.70. The molecule has 0 atom stereocenters. The van der Waals surface area contributed by atoms with Crippen LogP contribution in [0.2, 0.25) is 0 Å². The maximum atomic E-state index is 9.68. The molecule has 158 valence electrons. The van der Waals surface area contributed by atoms with E-state index in [4.69, 9.17) is 14.2 Å². The van der Waals surface area contributed by atoms with Gasteiger partial charge in [-0.25, -0.2) is 0 Å². The van der Waals surface area contributed by atoms with Crippen LogP contribution in [0.4, 0.5) is 0 Å². The van der Waals surface area contributed by atoms with E-state index in [-0.39, 0.29) is 59.5 Å². The molecule has 0 rings (SSSR count). The van der Waals surface area contributed by atoms with Crippen LogP contribution in [-0.4, -0.2) is 110 Å². The summed E-state index contributed by atoms with van der Waals surface area (Å²) in [6.45, 7) is -0.135. The zero-order valence-corrected chi connectivity index (χ0v) is 15.9. The molecule has 0 aliphatic carbocycles. The van der Waals surface area contributed by atoms with Crippen molar-refractivity contribution >= 4 is 0 Å². The Morgan fingerprint density at radius 3 is 1.12 bits per heavy atom. The maximum absolute atomic E-state index is 9.68. The van der Waals surface area contributed by atoms with Gasteiger partial charge in [0.25, 0.3) is 0 Å². The van der Waals surface area contributed by atoms with Gasteiger partial charge >= 0.3 is 0 Å². The minimum Gasteiger partial charge on any atom is -0.396 e. The van der Waals surface area contributed by atoms with Crippen LogP contribution < -0.4 is 0 Å². The summed E-state index contributed by atoms with van der Waals surface area (Å²) in [5.74, 6) is 0. The fourth-order valence-corrected chi connectivity index (χ4v) is 2.29. The fraction of sp³-hybridized carbons (Fsp3) is 1.00. The Hall–Kier alpha value is -0.360. The van der Waals surface area contributed by atoms with Crippen molar-refractivity contribution in [2.45, 2.75) is 13.3 Å². The molecular formula is C17H36O9. The van der Waals surface area contributed by atoms with Crippen molar-refractivity contribution in [1.82, 2.24) is 0 Å². The Morgan fingerprint density at radius 1 is 0.538 bits per heavy atom. The molecule has 0 fully saturated rings. The predicted octanol–water partition coefficient (Wildman–Crippen LogP) is -2.01. The monoisotopic (exact) mass is 384 g/mol. The number of hydrogen-bond donors (Lipinski definition) is 6. The van der Waals surface area contributed by atoms with E-state index in [0.29, 0.717) is 6.42 Å². The van der Waals surface area contributed by atoms with Gasteiger partial charge in [-0.1, -0.05) is 6.92 Å². The quantitative estimate of drug-likeness (QED) is 0.167. The van der Waals surface area contributed by atoms with Crippen LogP contribution in [0.5, 0.6) is 0 Å². The minimum absolute atomic E-state index is 0.0260. The van der Waals surface area contributed by atoms with E-state index in [1.54, 1.807) is 0 Å². The number of ether oxygens (including phenoxy) is 3. The summed E-state index contributed by atoms with van der Waals surface area (Å²) in [6.07, 6.45) is 0.508. The van der Waals surface area contributed by atoms with Gasteiger partial charge in [-0.05, 0) is 6.42 Å². The van der Waals surface area contributed by atoms with Crippen molar-refractivity contribution in [3.63, 3.8) is 0 Å². The third kappa shape index (κ3) is 7.34. The largest absolute Gasteiger partial charge is 0.396 e. The number of methoxy groups -OCH3 is 1. The van der Waals surface area contributed by atoms with Crippen molar-refractivity contribution in [2.24, 2.45) is 16.2 Å². The average Bonchev–Trinajstić information content (AvgIpc) is 2.69. The fourth-order valence-electron chi connectivity index (χ4n) is 2.29. The molecule has 0 aromatic carbocycles. The van der Waals surface area contributed by atoms with E-state index in [1.807, 2.05) is 6.92 Å². The zero-order chi connectivity index (χ0) is 20.1. The van der Waals surface area contributed by atoms with E-state index in [2.05, 4.69) is 0 Å². The van der Waals surface area contributed by atoms with E-state index < -0.39 is 29.5 Å². The third-order valence-corrected chi connectivity index (χ3v) is 4.85. The molecule has 0 aromatic rings. The molecule has 0 radical (unpaired) electrons. The molecule has 6 N–H and O–H groups in total. The van der Waals surface area contributed by atoms with Crippen LogP contribution in [-0.2, 0) is 14.2 Å². The lowest BCUT2D eigenvalue weighted by atomic mass is 9.87. The van der Waals surface area contributed by atoms with E-state index in [9.17, 15) is 30.6 Å². The molecule has 26 heavy (non-hydrogen) atoms. The van der Waals surface area contributed by atoms with Gasteiger partial charge in [-0.2, -0.15) is 0 Å². The highest BCUT2D eigenvalue weighted by Crippen LogP contribution is 2.25. The lowest BCUT2D eigenvalue weighted by molar-refractivity contribution is -0.125. The van der Waals surface area contributed by atoms with Gasteiger partial charge in [0.1, 0.15) is 0 Å². The third-order valence-electron chi connectivity index (χ3n) is 4.85. The van der Waals surface area contributed by atoms with Gasteiger partial charge in [-0.15, -0.1) is 0 Å². The summed E-state index contributed by atoms with van der Waals surface area (Å²) < 4.78 is 16.1. The molecule has 0 heterocycles. The first-order valence-electron chi connectivity index (χ1n) is 8.70. The Kier molecular flexibility index (Phi) is 12.7. The average molecular weight is 384 g/mol. The van der Waals surface area contributed by atoms with Gasteiger partial charge in [0, 0.05) is 12.5 Å². The number of aliphatic hydroxyl groups excluding tert-OH is 6. The van der Waals surface area contributed by atoms with Crippen LogP contribution in [0.3, 0.4) is 0 Å². The first kappa shape index (κ1) is 25.6. The second-order valence-electron chi connectivity index (χ2n) is 7.22. The Balaban J connectivity index is 4.74. The molecular weight excluding hydrogens is 348 g/mol. The predicted molar refractivity (Wildman–Crippen MR) is 93.6 cm³/mol. The Morgan fingerprint density at radius 2 is 0.846 bits per heavy atom. The highest BCUT2D eigenvalue weighted by Gasteiger charge is 2.35.